The molecule has 0 heterocycles. The largest absolute Gasteiger partial charge is 0.478 e. The van der Waals surface area contributed by atoms with Crippen molar-refractivity contribution in [2.24, 2.45) is 5.73 Å². The first-order valence-electron chi connectivity index (χ1n) is 3.35. The summed E-state index contributed by atoms with van der Waals surface area (Å²) in [6.07, 6.45) is 0. The molecule has 0 aromatic heterocycles. The predicted molar refractivity (Wildman–Crippen MR) is 49.6 cm³/mol. The number of rotatable bonds is 2. The third kappa shape index (κ3) is 2.06. The van der Waals surface area contributed by atoms with Gasteiger partial charge in [-0.15, -0.1) is 0 Å². The molecule has 0 atom stereocenters. The second kappa shape index (κ2) is 3.57. The summed E-state index contributed by atoms with van der Waals surface area (Å²) in [6, 6.07) is 4.08. The van der Waals surface area contributed by atoms with Crippen molar-refractivity contribution in [3.8, 4) is 0 Å². The molecule has 0 saturated heterocycles. The molecule has 0 fully saturated rings. The molecule has 0 saturated carbocycles. The number of hydrogen-bond acceptors (Lipinski definition) is 2. The molecule has 0 unspecified atom stereocenters. The first-order chi connectivity index (χ1) is 6.02. The Balaban J connectivity index is 3.20. The fourth-order valence-electron chi connectivity index (χ4n) is 0.842. The molecule has 0 aliphatic heterocycles. The van der Waals surface area contributed by atoms with Crippen molar-refractivity contribution in [2.75, 3.05) is 0 Å². The smallest absolute Gasteiger partial charge is 0.336 e. The number of aromatic carboxylic acids is 1. The van der Waals surface area contributed by atoms with Crippen molar-refractivity contribution in [1.29, 1.82) is 0 Å². The van der Waals surface area contributed by atoms with Crippen LogP contribution in [-0.2, 0) is 0 Å². The van der Waals surface area contributed by atoms with E-state index >= 15 is 0 Å². The minimum atomic E-state index is -1.05. The fraction of sp³-hybridized carbons (Fsp3) is 0. The van der Waals surface area contributed by atoms with Gasteiger partial charge in [0.25, 0.3) is 0 Å². The van der Waals surface area contributed by atoms with Crippen LogP contribution in [0.2, 0.25) is 0 Å². The highest BCUT2D eigenvalue weighted by atomic mass is 79.9. The van der Waals surface area contributed by atoms with Gasteiger partial charge in [-0.05, 0) is 34.1 Å². The lowest BCUT2D eigenvalue weighted by molar-refractivity contribution is 0.0695. The van der Waals surface area contributed by atoms with Crippen molar-refractivity contribution in [3.63, 3.8) is 0 Å². The fourth-order valence-corrected chi connectivity index (χ4v) is 1.39. The van der Waals surface area contributed by atoms with Crippen LogP contribution < -0.4 is 5.73 Å². The van der Waals surface area contributed by atoms with Crippen molar-refractivity contribution in [2.45, 2.75) is 0 Å². The topological polar surface area (TPSA) is 80.4 Å². The van der Waals surface area contributed by atoms with E-state index in [0.717, 1.165) is 0 Å². The molecule has 0 radical (unpaired) electrons. The Morgan fingerprint density at radius 3 is 2.38 bits per heavy atom. The number of primary amides is 1. The Labute approximate surface area is 82.5 Å². The Hall–Kier alpha value is -1.36. The third-order valence-corrected chi connectivity index (χ3v) is 2.14. The van der Waals surface area contributed by atoms with Crippen molar-refractivity contribution in [3.05, 3.63) is 33.8 Å². The van der Waals surface area contributed by atoms with E-state index in [1.807, 2.05) is 0 Å². The maximum Gasteiger partial charge on any atom is 0.336 e. The molecule has 0 aliphatic carbocycles. The van der Waals surface area contributed by atoms with E-state index in [1.165, 1.54) is 18.2 Å². The highest BCUT2D eigenvalue weighted by Gasteiger charge is 2.09. The van der Waals surface area contributed by atoms with Crippen LogP contribution in [0.1, 0.15) is 20.7 Å². The lowest BCUT2D eigenvalue weighted by Crippen LogP contribution is -2.11. The van der Waals surface area contributed by atoms with Crippen LogP contribution in [0.25, 0.3) is 0 Å². The number of carboxylic acids is 1. The van der Waals surface area contributed by atoms with Gasteiger partial charge in [-0.3, -0.25) is 4.79 Å². The van der Waals surface area contributed by atoms with Crippen molar-refractivity contribution in [1.82, 2.24) is 0 Å². The number of amides is 1. The predicted octanol–water partition coefficient (Wildman–Crippen LogP) is 1.25. The van der Waals surface area contributed by atoms with Gasteiger partial charge in [0, 0.05) is 10.0 Å². The molecule has 1 aromatic rings. The summed E-state index contributed by atoms with van der Waals surface area (Å²) in [6.45, 7) is 0. The van der Waals surface area contributed by atoms with E-state index in [9.17, 15) is 9.59 Å². The van der Waals surface area contributed by atoms with Gasteiger partial charge in [-0.1, -0.05) is 0 Å². The van der Waals surface area contributed by atoms with E-state index in [2.05, 4.69) is 15.9 Å². The normalized spacial score (nSPS) is 9.62. The highest BCUT2D eigenvalue weighted by Crippen LogP contribution is 2.18. The van der Waals surface area contributed by atoms with Gasteiger partial charge in [-0.25, -0.2) is 4.79 Å². The molecule has 0 spiro atoms. The number of nitrogens with two attached hydrogens (primary N) is 1. The molecule has 68 valence electrons. The first-order valence-corrected chi connectivity index (χ1v) is 4.14. The number of hydrogen-bond donors (Lipinski definition) is 2. The molecule has 1 rings (SSSR count). The zero-order chi connectivity index (χ0) is 10.0. The van der Waals surface area contributed by atoms with Gasteiger partial charge < -0.3 is 10.8 Å². The molecular weight excluding hydrogens is 238 g/mol. The molecule has 4 nitrogen and oxygen atoms in total. The van der Waals surface area contributed by atoms with Crippen LogP contribution in [0.3, 0.4) is 0 Å². The average Bonchev–Trinajstić information content (AvgIpc) is 2.03. The summed E-state index contributed by atoms with van der Waals surface area (Å²) in [4.78, 5) is 21.2. The number of benzene rings is 1. The Bertz CT molecular complexity index is 376. The number of carbonyl (C=O) groups excluding carboxylic acids is 1. The summed E-state index contributed by atoms with van der Waals surface area (Å²) in [5.74, 6) is -1.64. The van der Waals surface area contributed by atoms with E-state index in [-0.39, 0.29) is 11.1 Å². The van der Waals surface area contributed by atoms with Gasteiger partial charge >= 0.3 is 5.97 Å². The Kier molecular flexibility index (Phi) is 2.67. The number of carboxylic acid groups (broad SMARTS) is 1. The summed E-state index contributed by atoms with van der Waals surface area (Å²) in [7, 11) is 0. The Morgan fingerprint density at radius 2 is 2.00 bits per heavy atom. The molecule has 0 bridgehead atoms. The molecule has 1 amide bonds. The zero-order valence-corrected chi connectivity index (χ0v) is 8.04. The van der Waals surface area contributed by atoms with E-state index in [0.29, 0.717) is 4.47 Å². The second-order valence-corrected chi connectivity index (χ2v) is 3.22. The standard InChI is InChI=1S/C8H6BrNO3/c9-6-3-4(7(10)11)1-2-5(6)8(12)13/h1-3H,(H2,10,11)(H,12,13). The third-order valence-electron chi connectivity index (χ3n) is 1.48. The maximum absolute atomic E-state index is 10.7. The number of halogens is 1. The zero-order valence-electron chi connectivity index (χ0n) is 6.45. The van der Waals surface area contributed by atoms with E-state index < -0.39 is 11.9 Å². The van der Waals surface area contributed by atoms with E-state index in [1.54, 1.807) is 0 Å². The summed E-state index contributed by atoms with van der Waals surface area (Å²) in [5.41, 5.74) is 5.38. The quantitative estimate of drug-likeness (QED) is 0.821. The maximum atomic E-state index is 10.7. The summed E-state index contributed by atoms with van der Waals surface area (Å²) < 4.78 is 0.344. The SMILES string of the molecule is NC(=O)c1ccc(C(=O)O)c(Br)c1. The van der Waals surface area contributed by atoms with E-state index in [4.69, 9.17) is 10.8 Å². The first kappa shape index (κ1) is 9.73. The summed E-state index contributed by atoms with van der Waals surface area (Å²) >= 11 is 3.03. The lowest BCUT2D eigenvalue weighted by atomic mass is 10.1. The van der Waals surface area contributed by atoms with Crippen molar-refractivity contribution >= 4 is 27.8 Å². The van der Waals surface area contributed by atoms with Gasteiger partial charge in [-0.2, -0.15) is 0 Å². The molecule has 0 aliphatic rings. The van der Waals surface area contributed by atoms with Gasteiger partial charge in [0.1, 0.15) is 0 Å². The molecule has 5 heteroatoms. The summed E-state index contributed by atoms with van der Waals surface area (Å²) in [5, 5.41) is 8.65. The van der Waals surface area contributed by atoms with Crippen LogP contribution in [0.15, 0.2) is 22.7 Å². The second-order valence-electron chi connectivity index (χ2n) is 2.36. The van der Waals surface area contributed by atoms with Crippen LogP contribution in [0, 0.1) is 0 Å². The van der Waals surface area contributed by atoms with Gasteiger partial charge in [0.05, 0.1) is 5.56 Å². The minimum Gasteiger partial charge on any atom is -0.478 e. The average molecular weight is 244 g/mol. The monoisotopic (exact) mass is 243 g/mol. The molecular formula is C8H6BrNO3. The Morgan fingerprint density at radius 1 is 1.38 bits per heavy atom. The van der Waals surface area contributed by atoms with Gasteiger partial charge in [0.2, 0.25) is 5.91 Å². The van der Waals surface area contributed by atoms with Crippen LogP contribution in [0.4, 0.5) is 0 Å². The minimum absolute atomic E-state index is 0.102. The molecule has 13 heavy (non-hydrogen) atoms. The van der Waals surface area contributed by atoms with Crippen LogP contribution in [-0.4, -0.2) is 17.0 Å². The van der Waals surface area contributed by atoms with Crippen molar-refractivity contribution < 1.29 is 14.7 Å². The molecule has 3 N–H and O–H groups in total. The highest BCUT2D eigenvalue weighted by molar-refractivity contribution is 9.10. The van der Waals surface area contributed by atoms with Gasteiger partial charge in [0.15, 0.2) is 0 Å². The van der Waals surface area contributed by atoms with Crippen LogP contribution in [0.5, 0.6) is 0 Å². The lowest BCUT2D eigenvalue weighted by Gasteiger charge is -2.00. The number of carbonyl (C=O) groups is 2. The molecule has 1 aromatic carbocycles. The van der Waals surface area contributed by atoms with Crippen LogP contribution >= 0.6 is 15.9 Å².